The van der Waals surface area contributed by atoms with Gasteiger partial charge in [-0.3, -0.25) is 0 Å². The van der Waals surface area contributed by atoms with E-state index in [-0.39, 0.29) is 22.7 Å². The zero-order valence-electron chi connectivity index (χ0n) is 9.19. The number of rotatable bonds is 4. The van der Waals surface area contributed by atoms with E-state index in [9.17, 15) is 8.42 Å². The quantitative estimate of drug-likeness (QED) is 0.799. The van der Waals surface area contributed by atoms with Gasteiger partial charge in [-0.2, -0.15) is 0 Å². The summed E-state index contributed by atoms with van der Waals surface area (Å²) in [6.07, 6.45) is 4.80. The van der Waals surface area contributed by atoms with Gasteiger partial charge in [-0.05, 0) is 25.7 Å². The summed E-state index contributed by atoms with van der Waals surface area (Å²) < 4.78 is 31.9. The standard InChI is InChI=1S/C10H18BrNO3S/c11-9-4-1-5-10(9)12-16(13,14)7-8-3-2-6-15-8/h8-10,12H,1-7H2. The number of hydrogen-bond donors (Lipinski definition) is 1. The predicted octanol–water partition coefficient (Wildman–Crippen LogP) is 1.40. The molecule has 2 aliphatic rings. The Hall–Kier alpha value is 0.350. The molecule has 0 aromatic heterocycles. The van der Waals surface area contributed by atoms with Crippen LogP contribution in [0.5, 0.6) is 0 Å². The van der Waals surface area contributed by atoms with Crippen molar-refractivity contribution in [3.63, 3.8) is 0 Å². The summed E-state index contributed by atoms with van der Waals surface area (Å²) in [6.45, 7) is 0.699. The summed E-state index contributed by atoms with van der Waals surface area (Å²) in [4.78, 5) is 0.284. The van der Waals surface area contributed by atoms with Gasteiger partial charge >= 0.3 is 0 Å². The molecule has 1 aliphatic heterocycles. The molecule has 0 aromatic carbocycles. The third-order valence-corrected chi connectivity index (χ3v) is 5.76. The maximum atomic E-state index is 11.9. The number of nitrogens with one attached hydrogen (secondary N) is 1. The fourth-order valence-electron chi connectivity index (χ4n) is 2.35. The lowest BCUT2D eigenvalue weighted by Crippen LogP contribution is -2.41. The van der Waals surface area contributed by atoms with Gasteiger partial charge in [0.2, 0.25) is 10.0 Å². The maximum absolute atomic E-state index is 11.9. The van der Waals surface area contributed by atoms with E-state index in [0.29, 0.717) is 6.61 Å². The molecule has 3 unspecified atom stereocenters. The Balaban J connectivity index is 1.86. The second-order valence-corrected chi connectivity index (χ2v) is 7.56. The van der Waals surface area contributed by atoms with E-state index in [0.717, 1.165) is 32.1 Å². The molecular weight excluding hydrogens is 294 g/mol. The van der Waals surface area contributed by atoms with Crippen molar-refractivity contribution >= 4 is 26.0 Å². The van der Waals surface area contributed by atoms with E-state index in [1.807, 2.05) is 0 Å². The fourth-order valence-corrected chi connectivity index (χ4v) is 4.83. The average Bonchev–Trinajstić information content (AvgIpc) is 2.78. The molecule has 4 nitrogen and oxygen atoms in total. The van der Waals surface area contributed by atoms with Gasteiger partial charge in [-0.15, -0.1) is 0 Å². The summed E-state index contributed by atoms with van der Waals surface area (Å²) in [5.41, 5.74) is 0. The van der Waals surface area contributed by atoms with Crippen LogP contribution < -0.4 is 4.72 Å². The normalized spacial score (nSPS) is 35.7. The zero-order chi connectivity index (χ0) is 11.6. The first kappa shape index (κ1) is 12.8. The number of halogens is 1. The summed E-state index contributed by atoms with van der Waals surface area (Å²) in [7, 11) is -3.19. The summed E-state index contributed by atoms with van der Waals surface area (Å²) >= 11 is 3.51. The van der Waals surface area contributed by atoms with Crippen LogP contribution in [-0.2, 0) is 14.8 Å². The molecule has 2 fully saturated rings. The predicted molar refractivity (Wildman–Crippen MR) is 66.3 cm³/mol. The SMILES string of the molecule is O=S(=O)(CC1CCCO1)NC1CCCC1Br. The van der Waals surface area contributed by atoms with Crippen LogP contribution in [0.3, 0.4) is 0 Å². The van der Waals surface area contributed by atoms with Crippen molar-refractivity contribution in [2.75, 3.05) is 12.4 Å². The lowest BCUT2D eigenvalue weighted by Gasteiger charge is -2.17. The minimum Gasteiger partial charge on any atom is -0.377 e. The molecule has 6 heteroatoms. The first-order valence-electron chi connectivity index (χ1n) is 5.82. The van der Waals surface area contributed by atoms with E-state index in [1.165, 1.54) is 0 Å². The van der Waals surface area contributed by atoms with Gasteiger partial charge in [0.15, 0.2) is 0 Å². The highest BCUT2D eigenvalue weighted by Crippen LogP contribution is 2.26. The molecular formula is C10H18BrNO3S. The fraction of sp³-hybridized carbons (Fsp3) is 1.00. The Kier molecular flexibility index (Phi) is 4.26. The topological polar surface area (TPSA) is 55.4 Å². The highest BCUT2D eigenvalue weighted by molar-refractivity contribution is 9.09. The van der Waals surface area contributed by atoms with Crippen LogP contribution in [-0.4, -0.2) is 37.8 Å². The Morgan fingerprint density at radius 2 is 2.06 bits per heavy atom. The summed E-state index contributed by atoms with van der Waals surface area (Å²) in [6, 6.07) is 0.0615. The molecule has 0 bridgehead atoms. The highest BCUT2D eigenvalue weighted by atomic mass is 79.9. The van der Waals surface area contributed by atoms with E-state index < -0.39 is 10.0 Å². The second kappa shape index (κ2) is 5.33. The van der Waals surface area contributed by atoms with Gasteiger partial charge < -0.3 is 4.74 Å². The smallest absolute Gasteiger partial charge is 0.214 e. The molecule has 1 saturated carbocycles. The van der Waals surface area contributed by atoms with Crippen molar-refractivity contribution in [2.24, 2.45) is 0 Å². The summed E-state index contributed by atoms with van der Waals surface area (Å²) in [5.74, 6) is 0.114. The maximum Gasteiger partial charge on any atom is 0.214 e. The van der Waals surface area contributed by atoms with Gasteiger partial charge in [-0.25, -0.2) is 13.1 Å². The third kappa shape index (κ3) is 3.42. The van der Waals surface area contributed by atoms with E-state index in [1.54, 1.807) is 0 Å². The van der Waals surface area contributed by atoms with Crippen LogP contribution >= 0.6 is 15.9 Å². The largest absolute Gasteiger partial charge is 0.377 e. The van der Waals surface area contributed by atoms with Crippen molar-refractivity contribution in [2.45, 2.75) is 49.1 Å². The van der Waals surface area contributed by atoms with Gasteiger partial charge in [0, 0.05) is 17.5 Å². The molecule has 1 N–H and O–H groups in total. The van der Waals surface area contributed by atoms with Crippen LogP contribution in [0, 0.1) is 0 Å². The molecule has 0 radical (unpaired) electrons. The number of alkyl halides is 1. The molecule has 16 heavy (non-hydrogen) atoms. The Labute approximate surface area is 105 Å². The Morgan fingerprint density at radius 1 is 1.25 bits per heavy atom. The lowest BCUT2D eigenvalue weighted by molar-refractivity contribution is 0.127. The molecule has 1 aliphatic carbocycles. The molecule has 0 aromatic rings. The minimum absolute atomic E-state index is 0.0615. The molecule has 0 amide bonds. The van der Waals surface area contributed by atoms with E-state index in [2.05, 4.69) is 20.7 Å². The molecule has 1 heterocycles. The van der Waals surface area contributed by atoms with Gasteiger partial charge in [-0.1, -0.05) is 22.4 Å². The Bertz CT molecular complexity index is 327. The Morgan fingerprint density at radius 3 is 2.62 bits per heavy atom. The van der Waals surface area contributed by atoms with Crippen LogP contribution in [0.2, 0.25) is 0 Å². The molecule has 1 saturated heterocycles. The van der Waals surface area contributed by atoms with Crippen molar-refractivity contribution in [1.29, 1.82) is 0 Å². The van der Waals surface area contributed by atoms with Crippen LogP contribution in [0.25, 0.3) is 0 Å². The minimum atomic E-state index is -3.19. The van der Waals surface area contributed by atoms with E-state index >= 15 is 0 Å². The first-order chi connectivity index (χ1) is 7.57. The zero-order valence-corrected chi connectivity index (χ0v) is 11.6. The van der Waals surface area contributed by atoms with Crippen LogP contribution in [0.1, 0.15) is 32.1 Å². The highest BCUT2D eigenvalue weighted by Gasteiger charge is 2.30. The van der Waals surface area contributed by atoms with Crippen LogP contribution in [0.15, 0.2) is 0 Å². The van der Waals surface area contributed by atoms with Gasteiger partial charge in [0.05, 0.1) is 11.9 Å². The first-order valence-corrected chi connectivity index (χ1v) is 8.39. The number of hydrogen-bond acceptors (Lipinski definition) is 3. The second-order valence-electron chi connectivity index (χ2n) is 4.59. The monoisotopic (exact) mass is 311 g/mol. The van der Waals surface area contributed by atoms with Gasteiger partial charge in [0.1, 0.15) is 0 Å². The van der Waals surface area contributed by atoms with E-state index in [4.69, 9.17) is 4.74 Å². The average molecular weight is 312 g/mol. The molecule has 0 spiro atoms. The summed E-state index contributed by atoms with van der Waals surface area (Å²) in [5, 5.41) is 0. The number of sulfonamides is 1. The van der Waals surface area contributed by atoms with Crippen molar-refractivity contribution in [1.82, 2.24) is 4.72 Å². The molecule has 3 atom stereocenters. The lowest BCUT2D eigenvalue weighted by atomic mass is 10.3. The van der Waals surface area contributed by atoms with Crippen molar-refractivity contribution in [3.05, 3.63) is 0 Å². The van der Waals surface area contributed by atoms with Crippen molar-refractivity contribution < 1.29 is 13.2 Å². The van der Waals surface area contributed by atoms with Crippen molar-refractivity contribution in [3.8, 4) is 0 Å². The van der Waals surface area contributed by atoms with Crippen LogP contribution in [0.4, 0.5) is 0 Å². The molecule has 2 rings (SSSR count). The van der Waals surface area contributed by atoms with Gasteiger partial charge in [0.25, 0.3) is 0 Å². The molecule has 94 valence electrons. The number of ether oxygens (including phenoxy) is 1. The third-order valence-electron chi connectivity index (χ3n) is 3.19.